The fourth-order valence-electron chi connectivity index (χ4n) is 3.28. The zero-order valence-electron chi connectivity index (χ0n) is 17.5. The summed E-state index contributed by atoms with van der Waals surface area (Å²) in [6.07, 6.45) is 5.27. The number of imidazole rings is 1. The Kier molecular flexibility index (Phi) is 6.45. The van der Waals surface area contributed by atoms with Crippen LogP contribution < -0.4 is 5.43 Å². The maximum absolute atomic E-state index is 12.8. The van der Waals surface area contributed by atoms with Crippen LogP contribution in [0.1, 0.15) is 22.8 Å². The molecule has 0 aliphatic carbocycles. The monoisotopic (exact) mass is 453 g/mol. The van der Waals surface area contributed by atoms with Gasteiger partial charge in [-0.3, -0.25) is 4.79 Å². The molecule has 1 aromatic heterocycles. The van der Waals surface area contributed by atoms with Gasteiger partial charge in [0.2, 0.25) is 10.0 Å². The van der Waals surface area contributed by atoms with Gasteiger partial charge in [-0.25, -0.2) is 18.8 Å². The number of carbonyl (C=O) groups excluding carboxylic acids is 1. The van der Waals surface area contributed by atoms with Crippen LogP contribution in [0.5, 0.6) is 0 Å². The van der Waals surface area contributed by atoms with Crippen molar-refractivity contribution >= 4 is 21.6 Å². The van der Waals surface area contributed by atoms with Crippen LogP contribution in [0.25, 0.3) is 5.69 Å². The van der Waals surface area contributed by atoms with Crippen molar-refractivity contribution in [3.05, 3.63) is 78.4 Å². The Labute approximate surface area is 186 Å². The zero-order chi connectivity index (χ0) is 22.6. The highest BCUT2D eigenvalue weighted by atomic mass is 32.2. The smallest absolute Gasteiger partial charge is 0.271 e. The second kappa shape index (κ2) is 9.43. The van der Waals surface area contributed by atoms with Gasteiger partial charge in [0.15, 0.2) is 0 Å². The highest BCUT2D eigenvalue weighted by Gasteiger charge is 2.26. The summed E-state index contributed by atoms with van der Waals surface area (Å²) >= 11 is 0. The fourth-order valence-corrected chi connectivity index (χ4v) is 4.74. The maximum Gasteiger partial charge on any atom is 0.271 e. The van der Waals surface area contributed by atoms with Gasteiger partial charge in [-0.2, -0.15) is 9.41 Å². The van der Waals surface area contributed by atoms with E-state index in [0.29, 0.717) is 32.0 Å². The molecule has 0 radical (unpaired) electrons. The predicted molar refractivity (Wildman–Crippen MR) is 119 cm³/mol. The second-order valence-electron chi connectivity index (χ2n) is 7.20. The number of aromatic nitrogens is 2. The molecule has 1 aliphatic heterocycles. The van der Waals surface area contributed by atoms with E-state index < -0.39 is 15.9 Å². The van der Waals surface area contributed by atoms with Gasteiger partial charge in [0.25, 0.3) is 5.91 Å². The quantitative estimate of drug-likeness (QED) is 0.454. The molecule has 1 fully saturated rings. The summed E-state index contributed by atoms with van der Waals surface area (Å²) in [4.78, 5) is 16.7. The molecule has 32 heavy (non-hydrogen) atoms. The summed E-state index contributed by atoms with van der Waals surface area (Å²) in [5.41, 5.74) is 5.14. The Bertz CT molecular complexity index is 1220. The molecule has 1 saturated heterocycles. The number of rotatable bonds is 6. The Balaban J connectivity index is 1.45. The van der Waals surface area contributed by atoms with E-state index >= 15 is 0 Å². The van der Waals surface area contributed by atoms with E-state index in [1.54, 1.807) is 31.6 Å². The lowest BCUT2D eigenvalue weighted by molar-refractivity contribution is 0.0730. The lowest BCUT2D eigenvalue weighted by Crippen LogP contribution is -2.40. The molecule has 0 unspecified atom stereocenters. The number of nitrogens with zero attached hydrogens (tertiary/aromatic N) is 4. The van der Waals surface area contributed by atoms with Crippen molar-refractivity contribution in [1.82, 2.24) is 19.3 Å². The summed E-state index contributed by atoms with van der Waals surface area (Å²) in [6, 6.07) is 13.6. The van der Waals surface area contributed by atoms with Crippen LogP contribution in [0.3, 0.4) is 0 Å². The van der Waals surface area contributed by atoms with Crippen LogP contribution in [-0.2, 0) is 14.8 Å². The van der Waals surface area contributed by atoms with Gasteiger partial charge in [-0.05, 0) is 42.8 Å². The van der Waals surface area contributed by atoms with Crippen molar-refractivity contribution in [2.75, 3.05) is 26.3 Å². The third-order valence-corrected chi connectivity index (χ3v) is 7.01. The highest BCUT2D eigenvalue weighted by Crippen LogP contribution is 2.18. The molecular weight excluding hydrogens is 430 g/mol. The first kappa shape index (κ1) is 21.9. The highest BCUT2D eigenvalue weighted by molar-refractivity contribution is 7.89. The first-order chi connectivity index (χ1) is 15.4. The molecule has 0 atom stereocenters. The number of morpholine rings is 1. The number of ether oxygens (including phenoxy) is 1. The van der Waals surface area contributed by atoms with Crippen LogP contribution in [0, 0.1) is 0 Å². The molecule has 3 aromatic rings. The molecule has 166 valence electrons. The lowest BCUT2D eigenvalue weighted by Gasteiger charge is -2.26. The molecule has 2 heterocycles. The number of hydrogen-bond donors (Lipinski definition) is 1. The van der Waals surface area contributed by atoms with E-state index in [2.05, 4.69) is 15.5 Å². The molecule has 1 N–H and O–H groups in total. The number of carbonyl (C=O) groups is 1. The van der Waals surface area contributed by atoms with Gasteiger partial charge in [0.1, 0.15) is 0 Å². The average molecular weight is 454 g/mol. The number of nitrogens with one attached hydrogen (secondary N) is 1. The second-order valence-corrected chi connectivity index (χ2v) is 9.14. The van der Waals surface area contributed by atoms with E-state index in [1.165, 1.54) is 16.4 Å². The van der Waals surface area contributed by atoms with Crippen molar-refractivity contribution in [3.63, 3.8) is 0 Å². The minimum atomic E-state index is -3.68. The third kappa shape index (κ3) is 4.77. The normalized spacial score (nSPS) is 15.5. The first-order valence-corrected chi connectivity index (χ1v) is 11.5. The fraction of sp³-hybridized carbons (Fsp3) is 0.227. The van der Waals surface area contributed by atoms with Gasteiger partial charge >= 0.3 is 0 Å². The Morgan fingerprint density at radius 1 is 1.09 bits per heavy atom. The predicted octanol–water partition coefficient (Wildman–Crippen LogP) is 2.05. The number of hydrazone groups is 1. The Hall–Kier alpha value is -3.34. The summed E-state index contributed by atoms with van der Waals surface area (Å²) < 4.78 is 34.1. The molecule has 0 spiro atoms. The SMILES string of the molecule is CC(=NNC(=O)c1cccc(S(=O)(=O)N2CCOCC2)c1)c1ccc(-n2ccnc2)cc1. The molecule has 1 amide bonds. The van der Waals surface area contributed by atoms with Gasteiger partial charge in [0, 0.05) is 36.7 Å². The van der Waals surface area contributed by atoms with Crippen molar-refractivity contribution in [1.29, 1.82) is 0 Å². The molecule has 4 rings (SSSR count). The molecule has 9 nitrogen and oxygen atoms in total. The Morgan fingerprint density at radius 3 is 2.53 bits per heavy atom. The molecular formula is C22H23N5O4S. The Morgan fingerprint density at radius 2 is 1.84 bits per heavy atom. The summed E-state index contributed by atoms with van der Waals surface area (Å²) in [7, 11) is -3.68. The van der Waals surface area contributed by atoms with E-state index in [4.69, 9.17) is 4.74 Å². The van der Waals surface area contributed by atoms with Crippen molar-refractivity contribution in [2.45, 2.75) is 11.8 Å². The molecule has 1 aliphatic rings. The van der Waals surface area contributed by atoms with Gasteiger partial charge < -0.3 is 9.30 Å². The van der Waals surface area contributed by atoms with Gasteiger partial charge in [0.05, 0.1) is 30.1 Å². The standard InChI is InChI=1S/C22H23N5O4S/c1-17(18-5-7-20(8-6-18)26-10-9-23-16-26)24-25-22(28)19-3-2-4-21(15-19)32(29,30)27-11-13-31-14-12-27/h2-10,15-16H,11-14H2,1H3,(H,25,28). The van der Waals surface area contributed by atoms with Crippen LogP contribution in [0.15, 0.2) is 77.2 Å². The van der Waals surface area contributed by atoms with Crippen molar-refractivity contribution in [2.24, 2.45) is 5.10 Å². The summed E-state index contributed by atoms with van der Waals surface area (Å²) in [6.45, 7) is 3.09. The molecule has 10 heteroatoms. The molecule has 2 aromatic carbocycles. The van der Waals surface area contributed by atoms with Gasteiger partial charge in [-0.15, -0.1) is 0 Å². The zero-order valence-corrected chi connectivity index (χ0v) is 18.3. The van der Waals surface area contributed by atoms with E-state index in [-0.39, 0.29) is 10.5 Å². The third-order valence-electron chi connectivity index (χ3n) is 5.12. The van der Waals surface area contributed by atoms with Crippen LogP contribution in [0.2, 0.25) is 0 Å². The van der Waals surface area contributed by atoms with Crippen LogP contribution >= 0.6 is 0 Å². The molecule has 0 bridgehead atoms. The van der Waals surface area contributed by atoms with Crippen molar-refractivity contribution < 1.29 is 17.9 Å². The maximum atomic E-state index is 12.8. The number of amides is 1. The lowest BCUT2D eigenvalue weighted by atomic mass is 10.1. The van der Waals surface area contributed by atoms with E-state index in [9.17, 15) is 13.2 Å². The van der Waals surface area contributed by atoms with E-state index in [1.807, 2.05) is 35.0 Å². The average Bonchev–Trinajstić information content (AvgIpc) is 3.38. The van der Waals surface area contributed by atoms with Gasteiger partial charge in [-0.1, -0.05) is 18.2 Å². The minimum Gasteiger partial charge on any atom is -0.379 e. The first-order valence-electron chi connectivity index (χ1n) is 10.1. The van der Waals surface area contributed by atoms with Crippen LogP contribution in [0.4, 0.5) is 0 Å². The summed E-state index contributed by atoms with van der Waals surface area (Å²) in [5, 5.41) is 4.17. The summed E-state index contributed by atoms with van der Waals surface area (Å²) in [5.74, 6) is -0.488. The minimum absolute atomic E-state index is 0.0721. The largest absolute Gasteiger partial charge is 0.379 e. The topological polar surface area (TPSA) is 106 Å². The van der Waals surface area contributed by atoms with E-state index in [0.717, 1.165) is 11.3 Å². The van der Waals surface area contributed by atoms with Crippen LogP contribution in [-0.4, -0.2) is 60.2 Å². The molecule has 0 saturated carbocycles. The number of hydrogen-bond acceptors (Lipinski definition) is 6. The number of sulfonamides is 1. The van der Waals surface area contributed by atoms with Crippen molar-refractivity contribution in [3.8, 4) is 5.69 Å². The number of benzene rings is 2.